The van der Waals surface area contributed by atoms with E-state index in [0.29, 0.717) is 24.1 Å². The van der Waals surface area contributed by atoms with Crippen molar-refractivity contribution in [3.05, 3.63) is 5.69 Å². The smallest absolute Gasteiger partial charge is 0.319 e. The van der Waals surface area contributed by atoms with Crippen molar-refractivity contribution in [1.82, 2.24) is 19.8 Å². The molecule has 0 saturated carbocycles. The minimum atomic E-state index is -0.956. The number of imidazole rings is 1. The van der Waals surface area contributed by atoms with E-state index in [1.165, 1.54) is 11.8 Å². The summed E-state index contributed by atoms with van der Waals surface area (Å²) in [6, 6.07) is 0. The van der Waals surface area contributed by atoms with E-state index in [2.05, 4.69) is 26.6 Å². The quantitative estimate of drug-likeness (QED) is 0.751. The van der Waals surface area contributed by atoms with Gasteiger partial charge in [0.25, 0.3) is 0 Å². The summed E-state index contributed by atoms with van der Waals surface area (Å²) < 4.78 is 1.18. The molecule has 1 saturated heterocycles. The molecule has 0 amide bonds. The number of nitrogens with one attached hydrogen (secondary N) is 1. The van der Waals surface area contributed by atoms with Gasteiger partial charge in [-0.05, 0) is 20.8 Å². The predicted molar refractivity (Wildman–Crippen MR) is 109 cm³/mol. The molecule has 0 spiro atoms. The number of carboxylic acids is 1. The van der Waals surface area contributed by atoms with Crippen LogP contribution >= 0.6 is 11.8 Å². The Kier molecular flexibility index (Phi) is 5.67. The second kappa shape index (κ2) is 7.82. The van der Waals surface area contributed by atoms with Gasteiger partial charge >= 0.3 is 5.97 Å². The zero-order valence-electron chi connectivity index (χ0n) is 16.2. The molecule has 0 atom stereocenters. The Balaban J connectivity index is 1.98. The van der Waals surface area contributed by atoms with Gasteiger partial charge in [-0.2, -0.15) is 4.98 Å². The van der Waals surface area contributed by atoms with E-state index >= 15 is 0 Å². The molecule has 9 heteroatoms. The van der Waals surface area contributed by atoms with Crippen molar-refractivity contribution in [3.8, 4) is 11.8 Å². The number of amidine groups is 1. The molecule has 1 aromatic heterocycles. The second-order valence-corrected chi connectivity index (χ2v) is 8.69. The third kappa shape index (κ3) is 4.06. The van der Waals surface area contributed by atoms with Crippen LogP contribution in [0.15, 0.2) is 4.99 Å². The molecular weight excluding hydrogens is 364 g/mol. The highest BCUT2D eigenvalue weighted by Crippen LogP contribution is 2.36. The number of carboxylic acid groups (broad SMARTS) is 1. The third-order valence-corrected chi connectivity index (χ3v) is 5.89. The van der Waals surface area contributed by atoms with Crippen molar-refractivity contribution < 1.29 is 9.90 Å². The van der Waals surface area contributed by atoms with Gasteiger partial charge in [0.15, 0.2) is 11.0 Å². The molecule has 8 nitrogen and oxygen atoms in total. The lowest BCUT2D eigenvalue weighted by atomic mass is 10.2. The fourth-order valence-corrected chi connectivity index (χ4v) is 3.87. The first-order chi connectivity index (χ1) is 12.8. The second-order valence-electron chi connectivity index (χ2n) is 7.10. The van der Waals surface area contributed by atoms with Crippen molar-refractivity contribution in [2.75, 3.05) is 38.1 Å². The van der Waals surface area contributed by atoms with Crippen LogP contribution in [0, 0.1) is 11.8 Å². The van der Waals surface area contributed by atoms with Crippen LogP contribution < -0.4 is 10.2 Å². The number of aromatic nitrogens is 2. The van der Waals surface area contributed by atoms with Crippen LogP contribution in [-0.4, -0.2) is 68.7 Å². The number of thioether (sulfide) groups is 1. The first-order valence-corrected chi connectivity index (χ1v) is 9.82. The summed E-state index contributed by atoms with van der Waals surface area (Å²) in [7, 11) is 1.93. The molecule has 27 heavy (non-hydrogen) atoms. The van der Waals surface area contributed by atoms with Gasteiger partial charge in [0.2, 0.25) is 5.95 Å². The SMILES string of the molecule is CC#CCn1c(N2CCNCC2)nc2c1CN(C)C(SC(C)(C)C(=O)O)=N2. The largest absolute Gasteiger partial charge is 0.480 e. The minimum absolute atomic E-state index is 0.574. The van der Waals surface area contributed by atoms with Crippen LogP contribution in [0.25, 0.3) is 0 Å². The minimum Gasteiger partial charge on any atom is -0.480 e. The summed E-state index contributed by atoms with van der Waals surface area (Å²) in [4.78, 5) is 25.2. The molecule has 2 N–H and O–H groups in total. The fourth-order valence-electron chi connectivity index (χ4n) is 2.98. The lowest BCUT2D eigenvalue weighted by Crippen LogP contribution is -2.44. The van der Waals surface area contributed by atoms with Crippen molar-refractivity contribution >= 4 is 34.7 Å². The Morgan fingerprint density at radius 2 is 2.07 bits per heavy atom. The van der Waals surface area contributed by atoms with Crippen molar-refractivity contribution in [2.24, 2.45) is 4.99 Å². The van der Waals surface area contributed by atoms with E-state index in [1.807, 2.05) is 18.9 Å². The van der Waals surface area contributed by atoms with Crippen molar-refractivity contribution in [3.63, 3.8) is 0 Å². The maximum absolute atomic E-state index is 11.5. The van der Waals surface area contributed by atoms with Gasteiger partial charge < -0.3 is 20.2 Å². The van der Waals surface area contributed by atoms with Crippen LogP contribution in [0.1, 0.15) is 26.5 Å². The molecule has 0 aromatic carbocycles. The van der Waals surface area contributed by atoms with Crippen LogP contribution in [0.5, 0.6) is 0 Å². The summed E-state index contributed by atoms with van der Waals surface area (Å²) in [6.07, 6.45) is 0. The molecule has 1 fully saturated rings. The zero-order chi connectivity index (χ0) is 19.6. The van der Waals surface area contributed by atoms with E-state index in [-0.39, 0.29) is 0 Å². The van der Waals surface area contributed by atoms with Crippen LogP contribution in [0.3, 0.4) is 0 Å². The molecule has 2 aliphatic rings. The maximum atomic E-state index is 11.5. The number of hydrogen-bond acceptors (Lipinski definition) is 7. The number of aliphatic imine (C=N–C) groups is 1. The summed E-state index contributed by atoms with van der Waals surface area (Å²) in [5, 5.41) is 13.5. The van der Waals surface area contributed by atoms with Crippen LogP contribution in [0.4, 0.5) is 11.8 Å². The topological polar surface area (TPSA) is 86.0 Å². The average molecular weight is 391 g/mol. The van der Waals surface area contributed by atoms with Crippen molar-refractivity contribution in [1.29, 1.82) is 0 Å². The molecule has 2 aliphatic heterocycles. The maximum Gasteiger partial charge on any atom is 0.319 e. The van der Waals surface area contributed by atoms with E-state index in [4.69, 9.17) is 9.98 Å². The van der Waals surface area contributed by atoms with Gasteiger partial charge in [-0.25, -0.2) is 4.99 Å². The number of piperazine rings is 1. The number of hydrogen-bond donors (Lipinski definition) is 2. The molecule has 0 unspecified atom stereocenters. The number of aliphatic carboxylic acids is 1. The summed E-state index contributed by atoms with van der Waals surface area (Å²) in [5.74, 6) is 6.80. The monoisotopic (exact) mass is 390 g/mol. The first kappa shape index (κ1) is 19.6. The lowest BCUT2D eigenvalue weighted by Gasteiger charge is -2.30. The highest BCUT2D eigenvalue weighted by molar-refractivity contribution is 8.15. The van der Waals surface area contributed by atoms with Gasteiger partial charge in [-0.3, -0.25) is 9.36 Å². The van der Waals surface area contributed by atoms with E-state index in [0.717, 1.165) is 37.8 Å². The first-order valence-electron chi connectivity index (χ1n) is 9.00. The van der Waals surface area contributed by atoms with Gasteiger partial charge in [0.1, 0.15) is 4.75 Å². The number of anilines is 1. The predicted octanol–water partition coefficient (Wildman–Crippen LogP) is 1.35. The van der Waals surface area contributed by atoms with Crippen LogP contribution in [0.2, 0.25) is 0 Å². The molecule has 0 aliphatic carbocycles. The molecule has 3 heterocycles. The van der Waals surface area contributed by atoms with E-state index in [1.54, 1.807) is 13.8 Å². The number of rotatable bonds is 4. The number of carbonyl (C=O) groups is 1. The van der Waals surface area contributed by atoms with Gasteiger partial charge in [0.05, 0.1) is 18.8 Å². The molecule has 0 bridgehead atoms. The normalized spacial score (nSPS) is 17.1. The highest BCUT2D eigenvalue weighted by atomic mass is 32.2. The molecule has 146 valence electrons. The lowest BCUT2D eigenvalue weighted by molar-refractivity contribution is -0.138. The van der Waals surface area contributed by atoms with E-state index in [9.17, 15) is 9.90 Å². The Labute approximate surface area is 164 Å². The highest BCUT2D eigenvalue weighted by Gasteiger charge is 2.34. The fraction of sp³-hybridized carbons (Fsp3) is 0.611. The number of nitrogens with zero attached hydrogens (tertiary/aromatic N) is 5. The van der Waals surface area contributed by atoms with Crippen LogP contribution in [-0.2, 0) is 17.9 Å². The summed E-state index contributed by atoms with van der Waals surface area (Å²) in [6.45, 7) is 10.0. The zero-order valence-corrected chi connectivity index (χ0v) is 17.1. The molecule has 3 rings (SSSR count). The van der Waals surface area contributed by atoms with E-state index < -0.39 is 10.7 Å². The third-order valence-electron chi connectivity index (χ3n) is 4.62. The molecule has 0 radical (unpaired) electrons. The van der Waals surface area contributed by atoms with Gasteiger partial charge in [-0.15, -0.1) is 5.92 Å². The Morgan fingerprint density at radius 3 is 2.70 bits per heavy atom. The van der Waals surface area contributed by atoms with Crippen molar-refractivity contribution in [2.45, 2.75) is 38.6 Å². The number of fused-ring (bicyclic) bond motifs is 1. The summed E-state index contributed by atoms with van der Waals surface area (Å²) in [5.41, 5.74) is 1.02. The standard InChI is InChI=1S/C18H26N6O2S/c1-5-6-9-24-13-12-22(4)17(27-18(2,3)15(25)26)21-14(13)20-16(24)23-10-7-19-8-11-23/h19H,7-12H2,1-4H3,(H,25,26). The Hall–Kier alpha value is -2.18. The Bertz CT molecular complexity index is 814. The average Bonchev–Trinajstić information content (AvgIpc) is 2.98. The van der Waals surface area contributed by atoms with Gasteiger partial charge in [-0.1, -0.05) is 17.7 Å². The van der Waals surface area contributed by atoms with Gasteiger partial charge in [0, 0.05) is 33.2 Å². The Morgan fingerprint density at radius 1 is 1.37 bits per heavy atom. The molecular formula is C18H26N6O2S. The molecule has 1 aromatic rings. The summed E-state index contributed by atoms with van der Waals surface area (Å²) >= 11 is 1.25.